The predicted octanol–water partition coefficient (Wildman–Crippen LogP) is 2.43. The van der Waals surface area contributed by atoms with Gasteiger partial charge in [-0.25, -0.2) is 9.78 Å². The van der Waals surface area contributed by atoms with Gasteiger partial charge in [0, 0.05) is 19.8 Å². The third kappa shape index (κ3) is 3.56. The van der Waals surface area contributed by atoms with E-state index in [1.807, 2.05) is 0 Å². The number of carboxylic acid groups (broad SMARTS) is 1. The van der Waals surface area contributed by atoms with Gasteiger partial charge in [-0.15, -0.1) is 0 Å². The third-order valence-corrected chi connectivity index (χ3v) is 3.83. The average Bonchev–Trinajstić information content (AvgIpc) is 2.47. The summed E-state index contributed by atoms with van der Waals surface area (Å²) in [6.45, 7) is 0.763. The van der Waals surface area contributed by atoms with Crippen LogP contribution in [0.2, 0.25) is 0 Å². The van der Waals surface area contributed by atoms with Crippen LogP contribution in [0.15, 0.2) is 18.3 Å². The fraction of sp³-hybridized carbons (Fsp3) is 0.533. The van der Waals surface area contributed by atoms with Gasteiger partial charge in [-0.1, -0.05) is 19.3 Å². The first-order valence-electron chi connectivity index (χ1n) is 7.02. The van der Waals surface area contributed by atoms with Crippen LogP contribution >= 0.6 is 0 Å². The molecule has 1 fully saturated rings. The molecule has 1 amide bonds. The van der Waals surface area contributed by atoms with Crippen LogP contribution < -0.4 is 0 Å². The summed E-state index contributed by atoms with van der Waals surface area (Å²) in [5.74, 6) is -0.594. The zero-order chi connectivity index (χ0) is 14.5. The van der Waals surface area contributed by atoms with Crippen LogP contribution in [0.3, 0.4) is 0 Å². The third-order valence-electron chi connectivity index (χ3n) is 3.83. The van der Waals surface area contributed by atoms with E-state index in [9.17, 15) is 9.59 Å². The van der Waals surface area contributed by atoms with E-state index in [-0.39, 0.29) is 11.6 Å². The van der Waals surface area contributed by atoms with Crippen molar-refractivity contribution in [1.29, 1.82) is 0 Å². The molecule has 5 heteroatoms. The molecule has 108 valence electrons. The van der Waals surface area contributed by atoms with E-state index >= 15 is 0 Å². The van der Waals surface area contributed by atoms with Gasteiger partial charge in [-0.2, -0.15) is 0 Å². The summed E-state index contributed by atoms with van der Waals surface area (Å²) < 4.78 is 0. The number of carboxylic acids is 1. The summed E-state index contributed by atoms with van der Waals surface area (Å²) in [6, 6.07) is 2.89. The monoisotopic (exact) mass is 276 g/mol. The minimum absolute atomic E-state index is 0.0449. The van der Waals surface area contributed by atoms with Crippen molar-refractivity contribution >= 4 is 11.9 Å². The summed E-state index contributed by atoms with van der Waals surface area (Å²) in [5.41, 5.74) is 0.393. The second-order valence-electron chi connectivity index (χ2n) is 5.43. The summed E-state index contributed by atoms with van der Waals surface area (Å²) in [6.07, 6.45) is 7.52. The van der Waals surface area contributed by atoms with Crippen LogP contribution in [0.5, 0.6) is 0 Å². The highest BCUT2D eigenvalue weighted by molar-refractivity contribution is 5.94. The molecular formula is C15H20N2O3. The molecule has 0 aliphatic heterocycles. The van der Waals surface area contributed by atoms with Gasteiger partial charge in [0.1, 0.15) is 5.69 Å². The molecule has 1 aromatic heterocycles. The van der Waals surface area contributed by atoms with Crippen LogP contribution in [-0.4, -0.2) is 40.5 Å². The standard InChI is InChI=1S/C15H20N2O3/c1-17(10-11-5-3-2-4-6-11)14(18)12-7-8-13(15(19)20)16-9-12/h7-9,11H,2-6,10H2,1H3,(H,19,20). The fourth-order valence-corrected chi connectivity index (χ4v) is 2.71. The Morgan fingerprint density at radius 1 is 1.30 bits per heavy atom. The van der Waals surface area contributed by atoms with Crippen molar-refractivity contribution in [3.8, 4) is 0 Å². The Labute approximate surface area is 118 Å². The highest BCUT2D eigenvalue weighted by Crippen LogP contribution is 2.24. The van der Waals surface area contributed by atoms with Crippen LogP contribution in [0.4, 0.5) is 0 Å². The van der Waals surface area contributed by atoms with E-state index < -0.39 is 5.97 Å². The molecule has 2 rings (SSSR count). The summed E-state index contributed by atoms with van der Waals surface area (Å²) in [7, 11) is 1.79. The Morgan fingerprint density at radius 3 is 2.55 bits per heavy atom. The lowest BCUT2D eigenvalue weighted by Crippen LogP contribution is -2.32. The predicted molar refractivity (Wildman–Crippen MR) is 74.7 cm³/mol. The zero-order valence-corrected chi connectivity index (χ0v) is 11.7. The molecule has 20 heavy (non-hydrogen) atoms. The van der Waals surface area contributed by atoms with E-state index in [4.69, 9.17) is 5.11 Å². The van der Waals surface area contributed by atoms with Crippen molar-refractivity contribution in [3.05, 3.63) is 29.6 Å². The first-order chi connectivity index (χ1) is 9.58. The number of hydrogen-bond acceptors (Lipinski definition) is 3. The molecule has 0 saturated heterocycles. The minimum Gasteiger partial charge on any atom is -0.477 e. The van der Waals surface area contributed by atoms with Gasteiger partial charge in [0.2, 0.25) is 0 Å². The molecule has 1 aliphatic rings. The number of pyridine rings is 1. The molecule has 0 bridgehead atoms. The maximum absolute atomic E-state index is 12.2. The molecule has 5 nitrogen and oxygen atoms in total. The van der Waals surface area contributed by atoms with Gasteiger partial charge < -0.3 is 10.0 Å². The Balaban J connectivity index is 1.96. The van der Waals surface area contributed by atoms with Crippen molar-refractivity contribution < 1.29 is 14.7 Å². The van der Waals surface area contributed by atoms with E-state index in [0.29, 0.717) is 11.5 Å². The second-order valence-corrected chi connectivity index (χ2v) is 5.43. The first-order valence-corrected chi connectivity index (χ1v) is 7.02. The Morgan fingerprint density at radius 2 is 2.00 bits per heavy atom. The van der Waals surface area contributed by atoms with E-state index in [1.54, 1.807) is 11.9 Å². The molecule has 1 heterocycles. The Kier molecular flexibility index (Phi) is 4.71. The molecule has 0 aromatic carbocycles. The Bertz CT molecular complexity index is 478. The zero-order valence-electron chi connectivity index (χ0n) is 11.7. The molecular weight excluding hydrogens is 256 g/mol. The normalized spacial score (nSPS) is 15.8. The maximum Gasteiger partial charge on any atom is 0.354 e. The Hall–Kier alpha value is -1.91. The molecule has 0 atom stereocenters. The summed E-state index contributed by atoms with van der Waals surface area (Å²) in [5, 5.41) is 8.78. The quantitative estimate of drug-likeness (QED) is 0.917. The van der Waals surface area contributed by atoms with E-state index in [1.165, 1.54) is 50.4 Å². The smallest absolute Gasteiger partial charge is 0.354 e. The molecule has 0 radical (unpaired) electrons. The van der Waals surface area contributed by atoms with Crippen molar-refractivity contribution in [2.75, 3.05) is 13.6 Å². The minimum atomic E-state index is -1.08. The SMILES string of the molecule is CN(CC1CCCCC1)C(=O)c1ccc(C(=O)O)nc1. The second kappa shape index (κ2) is 6.50. The average molecular weight is 276 g/mol. The van der Waals surface area contributed by atoms with Gasteiger partial charge >= 0.3 is 5.97 Å². The van der Waals surface area contributed by atoms with Crippen LogP contribution in [-0.2, 0) is 0 Å². The van der Waals surface area contributed by atoms with Gasteiger partial charge in [0.05, 0.1) is 5.56 Å². The number of hydrogen-bond donors (Lipinski definition) is 1. The molecule has 1 aliphatic carbocycles. The van der Waals surface area contributed by atoms with Crippen molar-refractivity contribution in [3.63, 3.8) is 0 Å². The number of aromatic nitrogens is 1. The number of aromatic carboxylic acids is 1. The molecule has 1 N–H and O–H groups in total. The number of rotatable bonds is 4. The highest BCUT2D eigenvalue weighted by atomic mass is 16.4. The topological polar surface area (TPSA) is 70.5 Å². The maximum atomic E-state index is 12.2. The number of amides is 1. The molecule has 0 unspecified atom stereocenters. The molecule has 1 saturated carbocycles. The molecule has 0 spiro atoms. The van der Waals surface area contributed by atoms with Gasteiger partial charge in [0.15, 0.2) is 0 Å². The van der Waals surface area contributed by atoms with Gasteiger partial charge in [-0.05, 0) is 30.9 Å². The number of carbonyl (C=O) groups is 2. The van der Waals surface area contributed by atoms with Gasteiger partial charge in [-0.3, -0.25) is 4.79 Å². The highest BCUT2D eigenvalue weighted by Gasteiger charge is 2.19. The summed E-state index contributed by atoms with van der Waals surface area (Å²) >= 11 is 0. The number of carbonyl (C=O) groups excluding carboxylic acids is 1. The number of nitrogens with zero attached hydrogens (tertiary/aromatic N) is 2. The lowest BCUT2D eigenvalue weighted by molar-refractivity contribution is 0.0687. The molecule has 1 aromatic rings. The van der Waals surface area contributed by atoms with Crippen LogP contribution in [0.1, 0.15) is 53.0 Å². The lowest BCUT2D eigenvalue weighted by atomic mass is 9.89. The van der Waals surface area contributed by atoms with Crippen LogP contribution in [0, 0.1) is 5.92 Å². The first kappa shape index (κ1) is 14.5. The largest absolute Gasteiger partial charge is 0.477 e. The van der Waals surface area contributed by atoms with Crippen molar-refractivity contribution in [1.82, 2.24) is 9.88 Å². The van der Waals surface area contributed by atoms with Crippen molar-refractivity contribution in [2.24, 2.45) is 5.92 Å². The van der Waals surface area contributed by atoms with E-state index in [0.717, 1.165) is 6.54 Å². The summed E-state index contributed by atoms with van der Waals surface area (Å²) in [4.78, 5) is 28.5. The van der Waals surface area contributed by atoms with Crippen LogP contribution in [0.25, 0.3) is 0 Å². The lowest BCUT2D eigenvalue weighted by Gasteiger charge is -2.27. The van der Waals surface area contributed by atoms with E-state index in [2.05, 4.69) is 4.98 Å². The fourth-order valence-electron chi connectivity index (χ4n) is 2.71. The van der Waals surface area contributed by atoms with Gasteiger partial charge in [0.25, 0.3) is 5.91 Å². The van der Waals surface area contributed by atoms with Crippen molar-refractivity contribution in [2.45, 2.75) is 32.1 Å².